The second kappa shape index (κ2) is 6.07. The lowest BCUT2D eigenvalue weighted by molar-refractivity contribution is -0.134. The van der Waals surface area contributed by atoms with Crippen molar-refractivity contribution in [3.63, 3.8) is 0 Å². The Morgan fingerprint density at radius 3 is 2.72 bits per heavy atom. The Morgan fingerprint density at radius 1 is 1.50 bits per heavy atom. The average molecular weight is 249 g/mol. The summed E-state index contributed by atoms with van der Waals surface area (Å²) < 4.78 is 4.54. The van der Waals surface area contributed by atoms with Gasteiger partial charge in [0.25, 0.3) is 0 Å². The van der Waals surface area contributed by atoms with E-state index in [1.54, 1.807) is 11.1 Å². The number of hydrogen-bond donors (Lipinski definition) is 2. The zero-order valence-corrected chi connectivity index (χ0v) is 10.9. The molecule has 1 aromatic carbocycles. The number of anilines is 2. The molecule has 18 heavy (non-hydrogen) atoms. The van der Waals surface area contributed by atoms with E-state index in [-0.39, 0.29) is 0 Å². The van der Waals surface area contributed by atoms with Crippen LogP contribution in [0.15, 0.2) is 18.2 Å². The molecule has 0 atom stereocenters. The number of ether oxygens (including phenoxy) is 1. The number of hydrogen-bond acceptors (Lipinski definition) is 5. The first-order chi connectivity index (χ1) is 8.51. The number of carbonyl (C=O) groups is 1. The third kappa shape index (κ3) is 3.01. The van der Waals surface area contributed by atoms with Crippen LogP contribution in [0, 0.1) is 6.92 Å². The minimum atomic E-state index is -0.397. The highest BCUT2D eigenvalue weighted by atomic mass is 16.5. The molecule has 1 aromatic rings. The predicted octanol–water partition coefficient (Wildman–Crippen LogP) is 1.46. The topological polar surface area (TPSA) is 81.6 Å². The first-order valence-corrected chi connectivity index (χ1v) is 5.68. The average Bonchev–Trinajstić information content (AvgIpc) is 2.39. The monoisotopic (exact) mass is 249 g/mol. The van der Waals surface area contributed by atoms with Gasteiger partial charge in [-0.1, -0.05) is 6.07 Å². The molecule has 0 aliphatic rings. The van der Waals surface area contributed by atoms with Gasteiger partial charge in [-0.15, -0.1) is 0 Å². The van der Waals surface area contributed by atoms with E-state index in [0.29, 0.717) is 12.2 Å². The Labute approximate surface area is 107 Å². The number of nitrogens with two attached hydrogens (primary N) is 2. The van der Waals surface area contributed by atoms with Crippen LogP contribution >= 0.6 is 0 Å². The largest absolute Gasteiger partial charge is 0.466 e. The maximum absolute atomic E-state index is 11.0. The fourth-order valence-corrected chi connectivity index (χ4v) is 1.56. The summed E-state index contributed by atoms with van der Waals surface area (Å²) in [6.07, 6.45) is 3.04. The molecule has 0 fully saturated rings. The molecule has 0 saturated carbocycles. The Balaban J connectivity index is 3.08. The van der Waals surface area contributed by atoms with E-state index >= 15 is 0 Å². The molecule has 0 bridgehead atoms. The molecular formula is C13H19N3O2. The van der Waals surface area contributed by atoms with E-state index in [1.165, 1.54) is 13.2 Å². The number of hydrazine groups is 1. The van der Waals surface area contributed by atoms with Gasteiger partial charge in [0.05, 0.1) is 18.5 Å². The minimum absolute atomic E-state index is 0.397. The lowest BCUT2D eigenvalue weighted by atomic mass is 10.0. The summed E-state index contributed by atoms with van der Waals surface area (Å²) >= 11 is 0. The molecule has 0 aliphatic carbocycles. The van der Waals surface area contributed by atoms with Crippen LogP contribution in [-0.4, -0.2) is 19.6 Å². The molecule has 98 valence electrons. The zero-order valence-electron chi connectivity index (χ0n) is 10.9. The van der Waals surface area contributed by atoms with Crippen LogP contribution in [0.1, 0.15) is 18.1 Å². The van der Waals surface area contributed by atoms with Crippen molar-refractivity contribution in [2.45, 2.75) is 13.8 Å². The third-order valence-corrected chi connectivity index (χ3v) is 2.78. The molecule has 0 amide bonds. The highest BCUT2D eigenvalue weighted by molar-refractivity contribution is 5.88. The van der Waals surface area contributed by atoms with Gasteiger partial charge in [0.1, 0.15) is 0 Å². The smallest absolute Gasteiger partial charge is 0.330 e. The Kier molecular flexibility index (Phi) is 4.74. The van der Waals surface area contributed by atoms with Crippen LogP contribution in [0.4, 0.5) is 11.4 Å². The van der Waals surface area contributed by atoms with Gasteiger partial charge in [0.2, 0.25) is 0 Å². The molecule has 0 saturated heterocycles. The second-order valence-electron chi connectivity index (χ2n) is 3.86. The van der Waals surface area contributed by atoms with E-state index in [9.17, 15) is 4.79 Å². The summed E-state index contributed by atoms with van der Waals surface area (Å²) in [5.74, 6) is 5.42. The normalized spacial score (nSPS) is 10.7. The summed E-state index contributed by atoms with van der Waals surface area (Å²) in [6, 6.07) is 3.71. The van der Waals surface area contributed by atoms with Crippen molar-refractivity contribution in [1.82, 2.24) is 0 Å². The highest BCUT2D eigenvalue weighted by Gasteiger charge is 2.08. The van der Waals surface area contributed by atoms with Gasteiger partial charge < -0.3 is 15.5 Å². The second-order valence-corrected chi connectivity index (χ2v) is 3.86. The third-order valence-electron chi connectivity index (χ3n) is 2.78. The standard InChI is InChI=1S/C13H19N3O2/c1-4-16(15)11-7-5-10(9(2)13(11)14)6-8-12(17)18-3/h5-8H,4,14-15H2,1-3H3/b8-6+. The number of esters is 1. The van der Waals surface area contributed by atoms with Gasteiger partial charge in [0, 0.05) is 12.6 Å². The van der Waals surface area contributed by atoms with Gasteiger partial charge in [-0.05, 0) is 37.1 Å². The van der Waals surface area contributed by atoms with E-state index in [0.717, 1.165) is 16.8 Å². The van der Waals surface area contributed by atoms with Crippen molar-refractivity contribution in [1.29, 1.82) is 0 Å². The van der Waals surface area contributed by atoms with Crippen LogP contribution in [0.25, 0.3) is 6.08 Å². The molecule has 1 rings (SSSR count). The molecular weight excluding hydrogens is 230 g/mol. The fraction of sp³-hybridized carbons (Fsp3) is 0.308. The van der Waals surface area contributed by atoms with Gasteiger partial charge >= 0.3 is 5.97 Å². The number of nitrogen functional groups attached to an aromatic ring is 1. The minimum Gasteiger partial charge on any atom is -0.466 e. The van der Waals surface area contributed by atoms with Crippen molar-refractivity contribution in [3.05, 3.63) is 29.3 Å². The molecule has 0 unspecified atom stereocenters. The molecule has 5 nitrogen and oxygen atoms in total. The van der Waals surface area contributed by atoms with Gasteiger partial charge in [-0.2, -0.15) is 0 Å². The summed E-state index contributed by atoms with van der Waals surface area (Å²) in [5.41, 5.74) is 9.18. The van der Waals surface area contributed by atoms with Crippen molar-refractivity contribution < 1.29 is 9.53 Å². The zero-order chi connectivity index (χ0) is 13.7. The SMILES string of the molecule is CCN(N)c1ccc(/C=C/C(=O)OC)c(C)c1N. The van der Waals surface area contributed by atoms with E-state index in [2.05, 4.69) is 4.74 Å². The summed E-state index contributed by atoms with van der Waals surface area (Å²) in [7, 11) is 1.34. The number of benzene rings is 1. The van der Waals surface area contributed by atoms with Crippen molar-refractivity contribution >= 4 is 23.4 Å². The fourth-order valence-electron chi connectivity index (χ4n) is 1.56. The van der Waals surface area contributed by atoms with Crippen LogP contribution in [0.3, 0.4) is 0 Å². The van der Waals surface area contributed by atoms with E-state index in [1.807, 2.05) is 26.0 Å². The summed E-state index contributed by atoms with van der Waals surface area (Å²) in [5, 5.41) is 1.58. The Morgan fingerprint density at radius 2 is 2.17 bits per heavy atom. The molecule has 0 radical (unpaired) electrons. The summed E-state index contributed by atoms with van der Waals surface area (Å²) in [6.45, 7) is 4.50. The maximum Gasteiger partial charge on any atom is 0.330 e. The highest BCUT2D eigenvalue weighted by Crippen LogP contribution is 2.28. The first-order valence-electron chi connectivity index (χ1n) is 5.68. The van der Waals surface area contributed by atoms with Gasteiger partial charge in [0.15, 0.2) is 0 Å². The Bertz CT molecular complexity index is 470. The quantitative estimate of drug-likeness (QED) is 0.277. The lowest BCUT2D eigenvalue weighted by Crippen LogP contribution is -2.31. The van der Waals surface area contributed by atoms with E-state index in [4.69, 9.17) is 11.6 Å². The van der Waals surface area contributed by atoms with Crippen molar-refractivity contribution in [2.75, 3.05) is 24.4 Å². The van der Waals surface area contributed by atoms with Crippen LogP contribution in [-0.2, 0) is 9.53 Å². The molecule has 4 N–H and O–H groups in total. The van der Waals surface area contributed by atoms with Crippen molar-refractivity contribution in [3.8, 4) is 0 Å². The van der Waals surface area contributed by atoms with Crippen LogP contribution in [0.5, 0.6) is 0 Å². The first kappa shape index (κ1) is 14.1. The van der Waals surface area contributed by atoms with Crippen LogP contribution in [0.2, 0.25) is 0 Å². The number of carbonyl (C=O) groups excluding carboxylic acids is 1. The lowest BCUT2D eigenvalue weighted by Gasteiger charge is -2.20. The number of rotatable bonds is 4. The van der Waals surface area contributed by atoms with Crippen LogP contribution < -0.4 is 16.6 Å². The van der Waals surface area contributed by atoms with Gasteiger partial charge in [-0.25, -0.2) is 10.6 Å². The molecule has 5 heteroatoms. The molecule has 0 spiro atoms. The molecule has 0 aromatic heterocycles. The van der Waals surface area contributed by atoms with Gasteiger partial charge in [-0.3, -0.25) is 0 Å². The summed E-state index contributed by atoms with van der Waals surface area (Å²) in [4.78, 5) is 11.0. The number of nitrogens with zero attached hydrogens (tertiary/aromatic N) is 1. The maximum atomic E-state index is 11.0. The molecule has 0 aliphatic heterocycles. The molecule has 0 heterocycles. The predicted molar refractivity (Wildman–Crippen MR) is 73.8 cm³/mol. The Hall–Kier alpha value is -2.01. The van der Waals surface area contributed by atoms with Crippen molar-refractivity contribution in [2.24, 2.45) is 5.84 Å². The number of methoxy groups -OCH3 is 1. The van der Waals surface area contributed by atoms with E-state index < -0.39 is 5.97 Å².